The molecular formula is C10H13NS3. The highest BCUT2D eigenvalue weighted by molar-refractivity contribution is 8.03. The summed E-state index contributed by atoms with van der Waals surface area (Å²) >= 11 is 12.8. The molecule has 0 amide bonds. The molecule has 2 aliphatic rings. The number of thioether (sulfide) groups is 1. The predicted octanol–water partition coefficient (Wildman–Crippen LogP) is 3.00. The topological polar surface area (TPSA) is 3.24 Å². The number of thiocarbonyl (C=S) groups is 2. The molecule has 0 aromatic heterocycles. The molecule has 14 heavy (non-hydrogen) atoms. The fourth-order valence-electron chi connectivity index (χ4n) is 1.90. The fraction of sp³-hybridized carbons (Fsp3) is 0.600. The first-order chi connectivity index (χ1) is 6.61. The van der Waals surface area contributed by atoms with E-state index in [1.54, 1.807) is 0 Å². The molecule has 0 aromatic rings. The Bertz CT molecular complexity index is 319. The van der Waals surface area contributed by atoms with E-state index in [0.29, 0.717) is 12.0 Å². The van der Waals surface area contributed by atoms with Crippen LogP contribution in [-0.4, -0.2) is 26.7 Å². The molecule has 0 radical (unpaired) electrons. The fourth-order valence-corrected chi connectivity index (χ4v) is 4.31. The van der Waals surface area contributed by atoms with E-state index in [4.69, 9.17) is 24.4 Å². The Labute approximate surface area is 99.9 Å². The van der Waals surface area contributed by atoms with Gasteiger partial charge in [-0.15, -0.1) is 11.8 Å². The van der Waals surface area contributed by atoms with Crippen LogP contribution in [0.1, 0.15) is 20.3 Å². The molecule has 2 rings (SSSR count). The van der Waals surface area contributed by atoms with Crippen LogP contribution in [-0.2, 0) is 0 Å². The molecule has 2 heterocycles. The van der Waals surface area contributed by atoms with Crippen molar-refractivity contribution in [1.82, 2.24) is 4.90 Å². The summed E-state index contributed by atoms with van der Waals surface area (Å²) in [5.41, 5.74) is 0. The van der Waals surface area contributed by atoms with Crippen molar-refractivity contribution in [3.63, 3.8) is 0 Å². The molecule has 4 heteroatoms. The van der Waals surface area contributed by atoms with Crippen molar-refractivity contribution in [2.75, 3.05) is 5.75 Å². The summed E-state index contributed by atoms with van der Waals surface area (Å²) in [6.45, 7) is 4.28. The summed E-state index contributed by atoms with van der Waals surface area (Å²) in [6.07, 6.45) is 3.31. The molecule has 1 atom stereocenters. The number of hydrogen-bond donors (Lipinski definition) is 0. The highest BCUT2D eigenvalue weighted by Crippen LogP contribution is 2.40. The van der Waals surface area contributed by atoms with Crippen LogP contribution in [0.3, 0.4) is 0 Å². The number of nitrogens with zero attached hydrogens (tertiary/aromatic N) is 1. The van der Waals surface area contributed by atoms with Gasteiger partial charge in [-0.1, -0.05) is 24.4 Å². The molecule has 0 saturated carbocycles. The van der Waals surface area contributed by atoms with Gasteiger partial charge in [-0.3, -0.25) is 0 Å². The highest BCUT2D eigenvalue weighted by Gasteiger charge is 2.34. The monoisotopic (exact) mass is 243 g/mol. The third-order valence-corrected chi connectivity index (χ3v) is 4.55. The van der Waals surface area contributed by atoms with Gasteiger partial charge in [0.15, 0.2) is 0 Å². The zero-order chi connectivity index (χ0) is 10.3. The van der Waals surface area contributed by atoms with Crippen molar-refractivity contribution in [3.05, 3.63) is 11.0 Å². The molecule has 1 saturated heterocycles. The molecule has 2 aliphatic heterocycles. The van der Waals surface area contributed by atoms with Crippen molar-refractivity contribution in [1.29, 1.82) is 0 Å². The van der Waals surface area contributed by atoms with E-state index in [0.717, 1.165) is 9.98 Å². The SMILES string of the molecule is CC(C)N1C(=S)C=C2SCCC2C1=S. The lowest BCUT2D eigenvalue weighted by Gasteiger charge is -2.35. The molecule has 0 aromatic carbocycles. The Hall–Kier alpha value is 0.0700. The van der Waals surface area contributed by atoms with Crippen molar-refractivity contribution in [2.24, 2.45) is 5.92 Å². The quantitative estimate of drug-likeness (QED) is 0.651. The van der Waals surface area contributed by atoms with Gasteiger partial charge in [0.1, 0.15) is 4.99 Å². The van der Waals surface area contributed by atoms with Crippen LogP contribution in [0.15, 0.2) is 11.0 Å². The second-order valence-corrected chi connectivity index (χ2v) is 5.88. The normalized spacial score (nSPS) is 26.9. The van der Waals surface area contributed by atoms with Gasteiger partial charge in [-0.2, -0.15) is 0 Å². The van der Waals surface area contributed by atoms with Crippen LogP contribution in [0, 0.1) is 5.92 Å². The molecule has 1 fully saturated rings. The van der Waals surface area contributed by atoms with Gasteiger partial charge < -0.3 is 4.90 Å². The van der Waals surface area contributed by atoms with E-state index in [2.05, 4.69) is 24.8 Å². The molecule has 0 spiro atoms. The third kappa shape index (κ3) is 1.64. The number of hydrogen-bond acceptors (Lipinski definition) is 3. The van der Waals surface area contributed by atoms with Crippen LogP contribution in [0.2, 0.25) is 0 Å². The van der Waals surface area contributed by atoms with Gasteiger partial charge in [0.05, 0.1) is 4.99 Å². The zero-order valence-corrected chi connectivity index (χ0v) is 10.8. The molecule has 0 aliphatic carbocycles. The second kappa shape index (κ2) is 3.91. The van der Waals surface area contributed by atoms with E-state index in [1.807, 2.05) is 11.8 Å². The van der Waals surface area contributed by atoms with E-state index >= 15 is 0 Å². The van der Waals surface area contributed by atoms with Crippen molar-refractivity contribution < 1.29 is 0 Å². The first-order valence-electron chi connectivity index (χ1n) is 4.82. The first-order valence-corrected chi connectivity index (χ1v) is 6.63. The summed E-state index contributed by atoms with van der Waals surface area (Å²) < 4.78 is 0. The minimum atomic E-state index is 0.387. The summed E-state index contributed by atoms with van der Waals surface area (Å²) in [5.74, 6) is 1.66. The molecule has 76 valence electrons. The second-order valence-electron chi connectivity index (χ2n) is 3.88. The Morgan fingerprint density at radius 1 is 1.50 bits per heavy atom. The smallest absolute Gasteiger partial charge is 0.107 e. The first kappa shape index (κ1) is 10.6. The standard InChI is InChI=1S/C10H13NS3/c1-6(2)11-9(12)5-8-7(10(11)13)3-4-14-8/h5-7H,3-4H2,1-2H3. The maximum Gasteiger partial charge on any atom is 0.107 e. The molecular weight excluding hydrogens is 230 g/mol. The number of fused-ring (bicyclic) bond motifs is 1. The van der Waals surface area contributed by atoms with Crippen LogP contribution >= 0.6 is 36.2 Å². The summed E-state index contributed by atoms with van der Waals surface area (Å²) in [6, 6.07) is 0.387. The number of rotatable bonds is 1. The van der Waals surface area contributed by atoms with Gasteiger partial charge in [-0.25, -0.2) is 0 Å². The Kier molecular flexibility index (Phi) is 2.96. The zero-order valence-electron chi connectivity index (χ0n) is 8.32. The van der Waals surface area contributed by atoms with Crippen molar-refractivity contribution >= 4 is 46.2 Å². The van der Waals surface area contributed by atoms with Gasteiger partial charge in [-0.05, 0) is 37.0 Å². The van der Waals surface area contributed by atoms with Gasteiger partial charge in [0.25, 0.3) is 0 Å². The Morgan fingerprint density at radius 2 is 2.21 bits per heavy atom. The van der Waals surface area contributed by atoms with Crippen LogP contribution in [0.5, 0.6) is 0 Å². The maximum absolute atomic E-state index is 5.50. The summed E-state index contributed by atoms with van der Waals surface area (Å²) in [7, 11) is 0. The largest absolute Gasteiger partial charge is 0.324 e. The molecule has 1 unspecified atom stereocenters. The third-order valence-electron chi connectivity index (χ3n) is 2.57. The van der Waals surface area contributed by atoms with E-state index in [1.165, 1.54) is 17.1 Å². The maximum atomic E-state index is 5.50. The predicted molar refractivity (Wildman–Crippen MR) is 70.8 cm³/mol. The minimum Gasteiger partial charge on any atom is -0.324 e. The van der Waals surface area contributed by atoms with E-state index in [9.17, 15) is 0 Å². The molecule has 1 nitrogen and oxygen atoms in total. The summed E-state index contributed by atoms with van der Waals surface area (Å²) in [4.78, 5) is 5.43. The van der Waals surface area contributed by atoms with Crippen LogP contribution < -0.4 is 0 Å². The van der Waals surface area contributed by atoms with Crippen LogP contribution in [0.25, 0.3) is 0 Å². The van der Waals surface area contributed by atoms with Crippen molar-refractivity contribution in [3.8, 4) is 0 Å². The lowest BCUT2D eigenvalue weighted by Crippen LogP contribution is -2.45. The van der Waals surface area contributed by atoms with E-state index in [-0.39, 0.29) is 0 Å². The van der Waals surface area contributed by atoms with Gasteiger partial charge in [0, 0.05) is 12.0 Å². The van der Waals surface area contributed by atoms with Gasteiger partial charge >= 0.3 is 0 Å². The van der Waals surface area contributed by atoms with Crippen LogP contribution in [0.4, 0.5) is 0 Å². The van der Waals surface area contributed by atoms with E-state index < -0.39 is 0 Å². The summed E-state index contributed by atoms with van der Waals surface area (Å²) in [5, 5.41) is 0. The molecule has 0 N–H and O–H groups in total. The lowest BCUT2D eigenvalue weighted by molar-refractivity contribution is 0.489. The lowest BCUT2D eigenvalue weighted by atomic mass is 10.0. The average Bonchev–Trinajstić information content (AvgIpc) is 2.50. The Balaban J connectivity index is 2.34. The minimum absolute atomic E-state index is 0.387. The average molecular weight is 243 g/mol. The molecule has 0 bridgehead atoms. The Morgan fingerprint density at radius 3 is 2.86 bits per heavy atom. The van der Waals surface area contributed by atoms with Gasteiger partial charge in [0.2, 0.25) is 0 Å². The highest BCUT2D eigenvalue weighted by atomic mass is 32.2. The van der Waals surface area contributed by atoms with Crippen molar-refractivity contribution in [2.45, 2.75) is 26.3 Å².